The molecular weight excluding hydrogens is 422 g/mol. The van der Waals surface area contributed by atoms with Gasteiger partial charge < -0.3 is 9.30 Å². The van der Waals surface area contributed by atoms with Gasteiger partial charge in [-0.05, 0) is 40.5 Å². The first-order valence-corrected chi connectivity index (χ1v) is 9.60. The van der Waals surface area contributed by atoms with Gasteiger partial charge in [-0.1, -0.05) is 48.5 Å². The lowest BCUT2D eigenvalue weighted by Crippen LogP contribution is -2.44. The largest absolute Gasteiger partial charge is 0.483 e. The predicted molar refractivity (Wildman–Crippen MR) is 111 cm³/mol. The van der Waals surface area contributed by atoms with Crippen LogP contribution in [0.25, 0.3) is 11.1 Å². The molecular formula is C21H20BrN3O3. The van der Waals surface area contributed by atoms with Crippen LogP contribution in [-0.4, -0.2) is 23.0 Å². The van der Waals surface area contributed by atoms with Crippen molar-refractivity contribution >= 4 is 27.7 Å². The van der Waals surface area contributed by atoms with Crippen LogP contribution in [0.2, 0.25) is 0 Å². The molecule has 0 atom stereocenters. The Morgan fingerprint density at radius 3 is 2.50 bits per heavy atom. The van der Waals surface area contributed by atoms with Crippen molar-refractivity contribution in [2.45, 2.75) is 13.5 Å². The maximum absolute atomic E-state index is 12.2. The standard InChI is InChI=1S/C21H20BrN3O3/c1-2-25-13-16(22)12-18(25)21(27)24-23-20(26)14-28-19-11-7-6-10-17(19)15-8-4-3-5-9-15/h3-13H,2,14H2,1H3,(H,23,26)(H,24,27). The van der Waals surface area contributed by atoms with E-state index in [1.165, 1.54) is 0 Å². The highest BCUT2D eigenvalue weighted by atomic mass is 79.9. The van der Waals surface area contributed by atoms with Gasteiger partial charge in [0.25, 0.3) is 11.8 Å². The third-order valence-electron chi connectivity index (χ3n) is 4.08. The van der Waals surface area contributed by atoms with Gasteiger partial charge in [0, 0.05) is 22.8 Å². The summed E-state index contributed by atoms with van der Waals surface area (Å²) in [6, 6.07) is 19.0. The SMILES string of the molecule is CCn1cc(Br)cc1C(=O)NNC(=O)COc1ccccc1-c1ccccc1. The average molecular weight is 442 g/mol. The maximum Gasteiger partial charge on any atom is 0.286 e. The number of benzene rings is 2. The van der Waals surface area contributed by atoms with Gasteiger partial charge in [0.05, 0.1) is 0 Å². The van der Waals surface area contributed by atoms with Crippen LogP contribution in [0, 0.1) is 0 Å². The number of carbonyl (C=O) groups is 2. The highest BCUT2D eigenvalue weighted by Gasteiger charge is 2.14. The van der Waals surface area contributed by atoms with E-state index in [0.717, 1.165) is 15.6 Å². The Labute approximate surface area is 171 Å². The summed E-state index contributed by atoms with van der Waals surface area (Å²) in [4.78, 5) is 24.3. The molecule has 0 fully saturated rings. The Kier molecular flexibility index (Phi) is 6.49. The number of amides is 2. The molecule has 0 aliphatic rings. The van der Waals surface area contributed by atoms with Crippen LogP contribution in [0.1, 0.15) is 17.4 Å². The van der Waals surface area contributed by atoms with Crippen LogP contribution in [0.5, 0.6) is 5.75 Å². The third kappa shape index (κ3) is 4.80. The van der Waals surface area contributed by atoms with E-state index in [4.69, 9.17) is 4.74 Å². The summed E-state index contributed by atoms with van der Waals surface area (Å²) in [6.07, 6.45) is 1.81. The molecule has 2 amide bonds. The van der Waals surface area contributed by atoms with Crippen molar-refractivity contribution in [3.05, 3.63) is 77.0 Å². The number of hydrazine groups is 1. The number of nitrogens with zero attached hydrogens (tertiary/aromatic N) is 1. The van der Waals surface area contributed by atoms with Gasteiger partial charge in [0.1, 0.15) is 11.4 Å². The number of ether oxygens (including phenoxy) is 1. The van der Waals surface area contributed by atoms with Gasteiger partial charge in [0.2, 0.25) is 0 Å². The summed E-state index contributed by atoms with van der Waals surface area (Å²) in [7, 11) is 0. The molecule has 0 aliphatic heterocycles. The minimum absolute atomic E-state index is 0.220. The Hall–Kier alpha value is -3.06. The van der Waals surface area contributed by atoms with Crippen molar-refractivity contribution in [2.24, 2.45) is 0 Å². The zero-order chi connectivity index (χ0) is 19.9. The molecule has 28 heavy (non-hydrogen) atoms. The van der Waals surface area contributed by atoms with Gasteiger partial charge in [-0.25, -0.2) is 0 Å². The second-order valence-corrected chi connectivity index (χ2v) is 6.90. The zero-order valence-electron chi connectivity index (χ0n) is 15.3. The number of carbonyl (C=O) groups excluding carboxylic acids is 2. The van der Waals surface area contributed by atoms with E-state index in [9.17, 15) is 9.59 Å². The first kappa shape index (κ1) is 19.7. The van der Waals surface area contributed by atoms with Crippen molar-refractivity contribution in [1.29, 1.82) is 0 Å². The van der Waals surface area contributed by atoms with E-state index in [1.807, 2.05) is 55.5 Å². The molecule has 1 heterocycles. The highest BCUT2D eigenvalue weighted by molar-refractivity contribution is 9.10. The smallest absolute Gasteiger partial charge is 0.286 e. The van der Waals surface area contributed by atoms with Gasteiger partial charge in [0.15, 0.2) is 6.61 Å². The van der Waals surface area contributed by atoms with Gasteiger partial charge in [-0.2, -0.15) is 0 Å². The molecule has 6 nitrogen and oxygen atoms in total. The lowest BCUT2D eigenvalue weighted by molar-refractivity contribution is -0.123. The Balaban J connectivity index is 1.57. The van der Waals surface area contributed by atoms with Gasteiger partial charge >= 0.3 is 0 Å². The molecule has 2 aromatic carbocycles. The van der Waals surface area contributed by atoms with Crippen LogP contribution in [-0.2, 0) is 11.3 Å². The van der Waals surface area contributed by atoms with Crippen molar-refractivity contribution in [1.82, 2.24) is 15.4 Å². The maximum atomic E-state index is 12.2. The van der Waals surface area contributed by atoms with E-state index in [2.05, 4.69) is 26.8 Å². The molecule has 144 valence electrons. The number of hydrogen-bond donors (Lipinski definition) is 2. The van der Waals surface area contributed by atoms with Crippen molar-refractivity contribution in [3.63, 3.8) is 0 Å². The van der Waals surface area contributed by atoms with Gasteiger partial charge in [-0.15, -0.1) is 0 Å². The molecule has 0 spiro atoms. The number of hydrogen-bond acceptors (Lipinski definition) is 3. The summed E-state index contributed by atoms with van der Waals surface area (Å²) in [5, 5.41) is 0. The Bertz CT molecular complexity index is 970. The van der Waals surface area contributed by atoms with Crippen molar-refractivity contribution in [2.75, 3.05) is 6.61 Å². The first-order valence-electron chi connectivity index (χ1n) is 8.80. The zero-order valence-corrected chi connectivity index (χ0v) is 16.9. The van der Waals surface area contributed by atoms with Crippen LogP contribution < -0.4 is 15.6 Å². The summed E-state index contributed by atoms with van der Waals surface area (Å²) in [5.74, 6) is -0.255. The molecule has 0 unspecified atom stereocenters. The normalized spacial score (nSPS) is 10.4. The van der Waals surface area contributed by atoms with E-state index >= 15 is 0 Å². The Morgan fingerprint density at radius 2 is 1.75 bits per heavy atom. The summed E-state index contributed by atoms with van der Waals surface area (Å²) in [5.41, 5.74) is 7.13. The number of aromatic nitrogens is 1. The van der Waals surface area contributed by atoms with Crippen LogP contribution in [0.3, 0.4) is 0 Å². The molecule has 2 N–H and O–H groups in total. The fourth-order valence-electron chi connectivity index (χ4n) is 2.75. The number of halogens is 1. The molecule has 3 rings (SSSR count). The number of rotatable bonds is 6. The number of nitrogens with one attached hydrogen (secondary N) is 2. The second kappa shape index (κ2) is 9.23. The molecule has 7 heteroatoms. The number of para-hydroxylation sites is 1. The molecule has 0 bridgehead atoms. The van der Waals surface area contributed by atoms with E-state index < -0.39 is 11.8 Å². The Morgan fingerprint density at radius 1 is 1.04 bits per heavy atom. The van der Waals surface area contributed by atoms with Crippen molar-refractivity contribution in [3.8, 4) is 16.9 Å². The topological polar surface area (TPSA) is 72.4 Å². The third-order valence-corrected chi connectivity index (χ3v) is 4.52. The summed E-state index contributed by atoms with van der Waals surface area (Å²) >= 11 is 3.34. The molecule has 0 saturated heterocycles. The highest BCUT2D eigenvalue weighted by Crippen LogP contribution is 2.29. The number of aryl methyl sites for hydroxylation is 1. The van der Waals surface area contributed by atoms with E-state index in [0.29, 0.717) is 18.0 Å². The van der Waals surface area contributed by atoms with Crippen LogP contribution in [0.15, 0.2) is 71.3 Å². The minimum atomic E-state index is -0.454. The summed E-state index contributed by atoms with van der Waals surface area (Å²) in [6.45, 7) is 2.35. The van der Waals surface area contributed by atoms with Crippen LogP contribution >= 0.6 is 15.9 Å². The minimum Gasteiger partial charge on any atom is -0.483 e. The molecule has 3 aromatic rings. The first-order chi connectivity index (χ1) is 13.6. The van der Waals surface area contributed by atoms with Crippen LogP contribution in [0.4, 0.5) is 0 Å². The summed E-state index contributed by atoms with van der Waals surface area (Å²) < 4.78 is 8.24. The fourth-order valence-corrected chi connectivity index (χ4v) is 3.21. The quantitative estimate of drug-likeness (QED) is 0.571. The van der Waals surface area contributed by atoms with Gasteiger partial charge in [-0.3, -0.25) is 20.4 Å². The predicted octanol–water partition coefficient (Wildman–Crippen LogP) is 3.78. The lowest BCUT2D eigenvalue weighted by atomic mass is 10.1. The average Bonchev–Trinajstić information content (AvgIpc) is 3.12. The van der Waals surface area contributed by atoms with E-state index in [-0.39, 0.29) is 6.61 Å². The van der Waals surface area contributed by atoms with E-state index in [1.54, 1.807) is 22.9 Å². The molecule has 0 aliphatic carbocycles. The molecule has 1 aromatic heterocycles. The second-order valence-electron chi connectivity index (χ2n) is 5.98. The molecule has 0 radical (unpaired) electrons. The molecule has 0 saturated carbocycles. The monoisotopic (exact) mass is 441 g/mol. The lowest BCUT2D eigenvalue weighted by Gasteiger charge is -2.12. The fraction of sp³-hybridized carbons (Fsp3) is 0.143. The van der Waals surface area contributed by atoms with Crippen molar-refractivity contribution < 1.29 is 14.3 Å².